The van der Waals surface area contributed by atoms with Crippen molar-refractivity contribution in [3.63, 3.8) is 0 Å². The van der Waals surface area contributed by atoms with Crippen molar-refractivity contribution in [2.75, 3.05) is 6.61 Å². The van der Waals surface area contributed by atoms with Gasteiger partial charge in [0.2, 0.25) is 0 Å². The number of hydrogen-bond donors (Lipinski definition) is 2. The Morgan fingerprint density at radius 3 is 2.17 bits per heavy atom. The van der Waals surface area contributed by atoms with E-state index < -0.39 is 32.2 Å². The first-order chi connectivity index (χ1) is 10.2. The number of alkyl carbamates (subject to hydrolysis) is 1. The quantitative estimate of drug-likeness (QED) is 0.543. The van der Waals surface area contributed by atoms with Crippen LogP contribution >= 0.6 is 0 Å². The molecule has 0 heterocycles. The predicted octanol–water partition coefficient (Wildman–Crippen LogP) is 3.84. The van der Waals surface area contributed by atoms with Crippen molar-refractivity contribution >= 4 is 14.4 Å². The second-order valence-electron chi connectivity index (χ2n) is 8.42. The highest BCUT2D eigenvalue weighted by atomic mass is 28.4. The van der Waals surface area contributed by atoms with Crippen molar-refractivity contribution in [2.45, 2.75) is 83.8 Å². The van der Waals surface area contributed by atoms with E-state index in [4.69, 9.17) is 9.16 Å². The lowest BCUT2D eigenvalue weighted by molar-refractivity contribution is 0.0364. The molecule has 136 valence electrons. The highest BCUT2D eigenvalue weighted by molar-refractivity contribution is 6.74. The lowest BCUT2D eigenvalue weighted by atomic mass is 10.1. The van der Waals surface area contributed by atoms with Crippen LogP contribution in [-0.4, -0.2) is 43.9 Å². The van der Waals surface area contributed by atoms with Gasteiger partial charge in [0.05, 0.1) is 18.8 Å². The van der Waals surface area contributed by atoms with Crippen LogP contribution in [-0.2, 0) is 9.16 Å². The first-order valence-corrected chi connectivity index (χ1v) is 11.0. The number of hydrogen-bond acceptors (Lipinski definition) is 4. The Bertz CT molecular complexity index is 396. The highest BCUT2D eigenvalue weighted by Crippen LogP contribution is 2.36. The number of nitrogens with one attached hydrogen (secondary N) is 1. The molecular weight excluding hydrogens is 310 g/mol. The van der Waals surface area contributed by atoms with Crippen LogP contribution in [0.15, 0.2) is 12.7 Å². The first kappa shape index (κ1) is 22.1. The molecule has 0 aliphatic rings. The summed E-state index contributed by atoms with van der Waals surface area (Å²) in [5, 5.41) is 13.0. The van der Waals surface area contributed by atoms with Crippen LogP contribution in [0.2, 0.25) is 18.1 Å². The fourth-order valence-corrected chi connectivity index (χ4v) is 2.59. The summed E-state index contributed by atoms with van der Waals surface area (Å²) < 4.78 is 11.4. The lowest BCUT2D eigenvalue weighted by Crippen LogP contribution is -2.51. The Kier molecular flexibility index (Phi) is 8.00. The molecule has 0 bridgehead atoms. The molecule has 0 aromatic heterocycles. The van der Waals surface area contributed by atoms with E-state index in [9.17, 15) is 9.90 Å². The zero-order valence-electron chi connectivity index (χ0n) is 16.0. The molecule has 2 N–H and O–H groups in total. The Hall–Kier alpha value is -0.853. The normalized spacial score (nSPS) is 15.7. The van der Waals surface area contributed by atoms with Gasteiger partial charge in [-0.1, -0.05) is 26.8 Å². The van der Waals surface area contributed by atoms with E-state index in [0.717, 1.165) is 0 Å². The smallest absolute Gasteiger partial charge is 0.408 e. The molecule has 5 nitrogen and oxygen atoms in total. The predicted molar refractivity (Wildman–Crippen MR) is 97.1 cm³/mol. The molecule has 0 spiro atoms. The molecule has 2 atom stereocenters. The summed E-state index contributed by atoms with van der Waals surface area (Å²) >= 11 is 0. The zero-order valence-corrected chi connectivity index (χ0v) is 17.0. The molecule has 1 amide bonds. The number of ether oxygens (including phenoxy) is 1. The molecular formula is C17H35NO4Si. The van der Waals surface area contributed by atoms with E-state index in [1.54, 1.807) is 26.8 Å². The van der Waals surface area contributed by atoms with E-state index in [2.05, 4.69) is 45.8 Å². The summed E-state index contributed by atoms with van der Waals surface area (Å²) in [6.07, 6.45) is 0.691. The topological polar surface area (TPSA) is 67.8 Å². The minimum atomic E-state index is -1.96. The van der Waals surface area contributed by atoms with Crippen LogP contribution in [0.25, 0.3) is 0 Å². The second-order valence-corrected chi connectivity index (χ2v) is 13.2. The van der Waals surface area contributed by atoms with Gasteiger partial charge < -0.3 is 19.6 Å². The SMILES string of the molecule is C=CC[C@H](O)[C@@H](CO[Si](C)(C)C(C)(C)C)NC(=O)OC(C)(C)C. The second kappa shape index (κ2) is 8.31. The molecule has 0 aromatic carbocycles. The van der Waals surface area contributed by atoms with Gasteiger partial charge in [-0.3, -0.25) is 0 Å². The van der Waals surface area contributed by atoms with Gasteiger partial charge in [-0.05, 0) is 45.3 Å². The van der Waals surface area contributed by atoms with Crippen LogP contribution in [0.4, 0.5) is 4.79 Å². The maximum Gasteiger partial charge on any atom is 0.408 e. The molecule has 0 aromatic rings. The Balaban J connectivity index is 4.90. The third-order valence-electron chi connectivity index (χ3n) is 4.00. The maximum atomic E-state index is 12.0. The summed E-state index contributed by atoms with van der Waals surface area (Å²) in [7, 11) is -1.96. The van der Waals surface area contributed by atoms with Crippen LogP contribution in [0.3, 0.4) is 0 Å². The van der Waals surface area contributed by atoms with Gasteiger partial charge in [0, 0.05) is 0 Å². The number of carbonyl (C=O) groups excluding carboxylic acids is 1. The van der Waals surface area contributed by atoms with Gasteiger partial charge in [-0.2, -0.15) is 0 Å². The molecule has 0 saturated heterocycles. The number of rotatable bonds is 7. The highest BCUT2D eigenvalue weighted by Gasteiger charge is 2.38. The van der Waals surface area contributed by atoms with Crippen LogP contribution < -0.4 is 5.32 Å². The van der Waals surface area contributed by atoms with Crippen molar-refractivity contribution < 1.29 is 19.1 Å². The molecule has 0 aliphatic heterocycles. The van der Waals surface area contributed by atoms with Crippen LogP contribution in [0, 0.1) is 0 Å². The van der Waals surface area contributed by atoms with Gasteiger partial charge >= 0.3 is 6.09 Å². The van der Waals surface area contributed by atoms with E-state index in [0.29, 0.717) is 6.42 Å². The molecule has 23 heavy (non-hydrogen) atoms. The zero-order chi connectivity index (χ0) is 18.5. The summed E-state index contributed by atoms with van der Waals surface area (Å²) in [6, 6.07) is -0.531. The molecule has 6 heteroatoms. The number of carbonyl (C=O) groups is 1. The van der Waals surface area contributed by atoms with Gasteiger partial charge in [-0.15, -0.1) is 6.58 Å². The van der Waals surface area contributed by atoms with Crippen molar-refractivity contribution in [3.05, 3.63) is 12.7 Å². The minimum absolute atomic E-state index is 0.0624. The average molecular weight is 346 g/mol. The summed E-state index contributed by atoms with van der Waals surface area (Å²) in [5.74, 6) is 0. The van der Waals surface area contributed by atoms with Crippen molar-refractivity contribution in [1.29, 1.82) is 0 Å². The summed E-state index contributed by atoms with van der Waals surface area (Å²) in [4.78, 5) is 12.0. The van der Waals surface area contributed by atoms with Crippen molar-refractivity contribution in [3.8, 4) is 0 Å². The number of aliphatic hydroxyl groups is 1. The van der Waals surface area contributed by atoms with Gasteiger partial charge in [0.15, 0.2) is 8.32 Å². The molecule has 0 aliphatic carbocycles. The maximum absolute atomic E-state index is 12.0. The molecule has 0 unspecified atom stereocenters. The fourth-order valence-electron chi connectivity index (χ4n) is 1.56. The van der Waals surface area contributed by atoms with Gasteiger partial charge in [-0.25, -0.2) is 4.79 Å². The van der Waals surface area contributed by atoms with E-state index in [1.807, 2.05) is 0 Å². The third-order valence-corrected chi connectivity index (χ3v) is 8.51. The molecule has 0 rings (SSSR count). The molecule has 0 radical (unpaired) electrons. The average Bonchev–Trinajstić information content (AvgIpc) is 2.30. The van der Waals surface area contributed by atoms with Crippen molar-refractivity contribution in [2.24, 2.45) is 0 Å². The minimum Gasteiger partial charge on any atom is -0.444 e. The largest absolute Gasteiger partial charge is 0.444 e. The van der Waals surface area contributed by atoms with E-state index in [1.165, 1.54) is 0 Å². The number of aliphatic hydroxyl groups excluding tert-OH is 1. The van der Waals surface area contributed by atoms with E-state index >= 15 is 0 Å². The first-order valence-electron chi connectivity index (χ1n) is 8.12. The standard InChI is InChI=1S/C17H35NO4Si/c1-10-11-14(19)13(18-15(20)22-16(2,3)4)12-21-23(8,9)17(5,6)7/h10,13-14,19H,1,11-12H2,2-9H3,(H,18,20)/t13-,14+/m1/s1. The van der Waals surface area contributed by atoms with Crippen LogP contribution in [0.5, 0.6) is 0 Å². The Labute approximate surface area is 142 Å². The fraction of sp³-hybridized carbons (Fsp3) is 0.824. The number of amides is 1. The van der Waals surface area contributed by atoms with Gasteiger partial charge in [0.25, 0.3) is 0 Å². The monoisotopic (exact) mass is 345 g/mol. The molecule has 0 fully saturated rings. The lowest BCUT2D eigenvalue weighted by Gasteiger charge is -2.38. The Morgan fingerprint density at radius 2 is 1.78 bits per heavy atom. The van der Waals surface area contributed by atoms with Crippen molar-refractivity contribution in [1.82, 2.24) is 5.32 Å². The summed E-state index contributed by atoms with van der Waals surface area (Å²) in [6.45, 7) is 20.0. The van der Waals surface area contributed by atoms with E-state index in [-0.39, 0.29) is 11.6 Å². The van der Waals surface area contributed by atoms with Gasteiger partial charge in [0.1, 0.15) is 5.60 Å². The molecule has 0 saturated carbocycles. The Morgan fingerprint density at radius 1 is 1.26 bits per heavy atom. The van der Waals surface area contributed by atoms with Crippen LogP contribution in [0.1, 0.15) is 48.0 Å². The third kappa shape index (κ3) is 8.53. The summed E-state index contributed by atoms with van der Waals surface area (Å²) in [5.41, 5.74) is -0.585.